The number of hydrogen-bond acceptors (Lipinski definition) is 2. The standard InChI is InChI=1S/C16H26N2/c1-7-18-10-8-9-16(18,6)15-12(3)11(2)13(4)17-14(15)5/h7-10H2,1-6H3. The van der Waals surface area contributed by atoms with Gasteiger partial charge in [0, 0.05) is 16.9 Å². The van der Waals surface area contributed by atoms with Crippen LogP contribution in [0, 0.1) is 27.7 Å². The van der Waals surface area contributed by atoms with Crippen LogP contribution in [0.3, 0.4) is 0 Å². The predicted molar refractivity (Wildman–Crippen MR) is 77.0 cm³/mol. The Bertz CT molecular complexity index is 465. The molecule has 1 atom stereocenters. The van der Waals surface area contributed by atoms with Gasteiger partial charge in [-0.25, -0.2) is 0 Å². The molecule has 1 aromatic heterocycles. The predicted octanol–water partition coefficient (Wildman–Crippen LogP) is 3.65. The van der Waals surface area contributed by atoms with E-state index in [9.17, 15) is 0 Å². The monoisotopic (exact) mass is 246 g/mol. The summed E-state index contributed by atoms with van der Waals surface area (Å²) < 4.78 is 0. The summed E-state index contributed by atoms with van der Waals surface area (Å²) in [5, 5.41) is 0. The van der Waals surface area contributed by atoms with Gasteiger partial charge in [-0.05, 0) is 77.2 Å². The minimum absolute atomic E-state index is 0.189. The van der Waals surface area contributed by atoms with E-state index < -0.39 is 0 Å². The van der Waals surface area contributed by atoms with E-state index in [1.54, 1.807) is 0 Å². The summed E-state index contributed by atoms with van der Waals surface area (Å²) in [7, 11) is 0. The molecule has 0 bridgehead atoms. The van der Waals surface area contributed by atoms with E-state index in [2.05, 4.69) is 46.4 Å². The number of rotatable bonds is 2. The highest BCUT2D eigenvalue weighted by Gasteiger charge is 2.39. The van der Waals surface area contributed by atoms with Crippen LogP contribution in [-0.2, 0) is 5.54 Å². The van der Waals surface area contributed by atoms with Crippen molar-refractivity contribution in [2.24, 2.45) is 0 Å². The third-order valence-corrected chi connectivity index (χ3v) is 4.89. The van der Waals surface area contributed by atoms with E-state index in [-0.39, 0.29) is 5.54 Å². The lowest BCUT2D eigenvalue weighted by molar-refractivity contribution is 0.163. The molecule has 1 saturated heterocycles. The van der Waals surface area contributed by atoms with Crippen LogP contribution in [0.4, 0.5) is 0 Å². The molecule has 1 aliphatic rings. The van der Waals surface area contributed by atoms with Crippen molar-refractivity contribution in [3.05, 3.63) is 28.1 Å². The largest absolute Gasteiger partial charge is 0.294 e. The maximum atomic E-state index is 4.77. The Morgan fingerprint density at radius 1 is 1.11 bits per heavy atom. The normalized spacial score (nSPS) is 24.8. The lowest BCUT2D eigenvalue weighted by Crippen LogP contribution is -2.40. The fourth-order valence-corrected chi connectivity index (χ4v) is 3.72. The zero-order valence-electron chi connectivity index (χ0n) is 12.7. The molecule has 0 spiro atoms. The summed E-state index contributed by atoms with van der Waals surface area (Å²) in [5.74, 6) is 0. The van der Waals surface area contributed by atoms with Gasteiger partial charge in [-0.3, -0.25) is 9.88 Å². The van der Waals surface area contributed by atoms with Crippen molar-refractivity contribution in [3.8, 4) is 0 Å². The Kier molecular flexibility index (Phi) is 3.50. The van der Waals surface area contributed by atoms with Crippen molar-refractivity contribution in [1.29, 1.82) is 0 Å². The first-order valence-corrected chi connectivity index (χ1v) is 7.11. The van der Waals surface area contributed by atoms with Crippen LogP contribution in [0.25, 0.3) is 0 Å². The molecule has 2 heterocycles. The highest BCUT2D eigenvalue weighted by atomic mass is 15.2. The second-order valence-corrected chi connectivity index (χ2v) is 5.86. The maximum Gasteiger partial charge on any atom is 0.0453 e. The molecule has 0 N–H and O–H groups in total. The van der Waals surface area contributed by atoms with E-state index in [1.165, 1.54) is 47.5 Å². The van der Waals surface area contributed by atoms with Gasteiger partial charge in [-0.1, -0.05) is 6.92 Å². The molecule has 1 aliphatic heterocycles. The molecule has 18 heavy (non-hydrogen) atoms. The van der Waals surface area contributed by atoms with Crippen molar-refractivity contribution >= 4 is 0 Å². The van der Waals surface area contributed by atoms with Crippen LogP contribution < -0.4 is 0 Å². The lowest BCUT2D eigenvalue weighted by Gasteiger charge is -2.37. The fourth-order valence-electron chi connectivity index (χ4n) is 3.72. The number of likely N-dealkylation sites (tertiary alicyclic amines) is 1. The number of pyridine rings is 1. The maximum absolute atomic E-state index is 4.77. The first-order valence-electron chi connectivity index (χ1n) is 7.11. The smallest absolute Gasteiger partial charge is 0.0453 e. The van der Waals surface area contributed by atoms with Gasteiger partial charge < -0.3 is 0 Å². The Labute approximate surface area is 111 Å². The molecule has 0 saturated carbocycles. The van der Waals surface area contributed by atoms with Crippen molar-refractivity contribution in [1.82, 2.24) is 9.88 Å². The molecule has 2 nitrogen and oxygen atoms in total. The average Bonchev–Trinajstić information content (AvgIpc) is 2.68. The minimum Gasteiger partial charge on any atom is -0.294 e. The van der Waals surface area contributed by atoms with Crippen molar-refractivity contribution < 1.29 is 0 Å². The molecular formula is C16H26N2. The fraction of sp³-hybridized carbons (Fsp3) is 0.688. The Hall–Kier alpha value is -0.890. The molecule has 1 unspecified atom stereocenters. The Morgan fingerprint density at radius 3 is 2.39 bits per heavy atom. The molecule has 0 aromatic carbocycles. The van der Waals surface area contributed by atoms with Gasteiger partial charge >= 0.3 is 0 Å². The van der Waals surface area contributed by atoms with Crippen molar-refractivity contribution in [2.45, 2.75) is 59.9 Å². The molecule has 100 valence electrons. The summed E-state index contributed by atoms with van der Waals surface area (Å²) in [6, 6.07) is 0. The number of aromatic nitrogens is 1. The Balaban J connectivity index is 2.61. The van der Waals surface area contributed by atoms with E-state index >= 15 is 0 Å². The van der Waals surface area contributed by atoms with Gasteiger partial charge in [0.05, 0.1) is 0 Å². The summed E-state index contributed by atoms with van der Waals surface area (Å²) in [6.45, 7) is 15.8. The first kappa shape index (κ1) is 13.5. The molecule has 1 aromatic rings. The first-order chi connectivity index (χ1) is 8.41. The van der Waals surface area contributed by atoms with Crippen LogP contribution in [-0.4, -0.2) is 23.0 Å². The lowest BCUT2D eigenvalue weighted by atomic mass is 9.83. The quantitative estimate of drug-likeness (QED) is 0.792. The molecule has 0 amide bonds. The van der Waals surface area contributed by atoms with E-state index in [0.717, 1.165) is 6.54 Å². The molecular weight excluding hydrogens is 220 g/mol. The minimum atomic E-state index is 0.189. The average molecular weight is 246 g/mol. The molecule has 0 aliphatic carbocycles. The second kappa shape index (κ2) is 4.65. The summed E-state index contributed by atoms with van der Waals surface area (Å²) >= 11 is 0. The third-order valence-electron chi connectivity index (χ3n) is 4.89. The number of aryl methyl sites for hydroxylation is 2. The van der Waals surface area contributed by atoms with E-state index in [4.69, 9.17) is 4.98 Å². The van der Waals surface area contributed by atoms with Crippen LogP contribution >= 0.6 is 0 Å². The zero-order valence-corrected chi connectivity index (χ0v) is 12.7. The van der Waals surface area contributed by atoms with Gasteiger partial charge in [0.25, 0.3) is 0 Å². The highest BCUT2D eigenvalue weighted by Crippen LogP contribution is 2.41. The number of nitrogens with zero attached hydrogens (tertiary/aromatic N) is 2. The van der Waals surface area contributed by atoms with E-state index in [0.29, 0.717) is 0 Å². The van der Waals surface area contributed by atoms with Gasteiger partial charge in [-0.2, -0.15) is 0 Å². The molecule has 1 fully saturated rings. The van der Waals surface area contributed by atoms with Crippen LogP contribution in [0.5, 0.6) is 0 Å². The summed E-state index contributed by atoms with van der Waals surface area (Å²) in [5.41, 5.74) is 6.87. The molecule has 2 heteroatoms. The van der Waals surface area contributed by atoms with Gasteiger partial charge in [0.15, 0.2) is 0 Å². The van der Waals surface area contributed by atoms with Crippen LogP contribution in [0.15, 0.2) is 0 Å². The highest BCUT2D eigenvalue weighted by molar-refractivity contribution is 5.43. The number of hydrogen-bond donors (Lipinski definition) is 0. The van der Waals surface area contributed by atoms with Gasteiger partial charge in [0.2, 0.25) is 0 Å². The topological polar surface area (TPSA) is 16.1 Å². The van der Waals surface area contributed by atoms with Crippen LogP contribution in [0.2, 0.25) is 0 Å². The van der Waals surface area contributed by atoms with Crippen molar-refractivity contribution in [3.63, 3.8) is 0 Å². The van der Waals surface area contributed by atoms with Gasteiger partial charge in [-0.15, -0.1) is 0 Å². The SMILES string of the molecule is CCN1CCCC1(C)c1c(C)nc(C)c(C)c1C. The zero-order chi connectivity index (χ0) is 13.5. The summed E-state index contributed by atoms with van der Waals surface area (Å²) in [6.07, 6.45) is 2.56. The van der Waals surface area contributed by atoms with Crippen molar-refractivity contribution in [2.75, 3.05) is 13.1 Å². The van der Waals surface area contributed by atoms with Crippen LogP contribution in [0.1, 0.15) is 54.8 Å². The van der Waals surface area contributed by atoms with Gasteiger partial charge in [0.1, 0.15) is 0 Å². The second-order valence-electron chi connectivity index (χ2n) is 5.86. The van der Waals surface area contributed by atoms with E-state index in [1.807, 2.05) is 0 Å². The third kappa shape index (κ3) is 1.87. The molecule has 2 rings (SSSR count). The Morgan fingerprint density at radius 2 is 1.78 bits per heavy atom. The summed E-state index contributed by atoms with van der Waals surface area (Å²) in [4.78, 5) is 7.38. The molecule has 0 radical (unpaired) electrons.